The lowest BCUT2D eigenvalue weighted by Gasteiger charge is -2.16. The van der Waals surface area contributed by atoms with Crippen molar-refractivity contribution in [1.82, 2.24) is 0 Å². The first-order valence-electron chi connectivity index (χ1n) is 5.20. The van der Waals surface area contributed by atoms with Crippen molar-refractivity contribution in [3.8, 4) is 0 Å². The molecule has 0 aromatic carbocycles. The Morgan fingerprint density at radius 2 is 1.73 bits per heavy atom. The van der Waals surface area contributed by atoms with Crippen molar-refractivity contribution in [2.75, 3.05) is 0 Å². The van der Waals surface area contributed by atoms with Crippen LogP contribution in [0.5, 0.6) is 0 Å². The van der Waals surface area contributed by atoms with Crippen molar-refractivity contribution in [2.45, 2.75) is 59.8 Å². The molecular weight excluding hydrogens is 132 g/mol. The first-order valence-corrected chi connectivity index (χ1v) is 5.20. The minimum atomic E-state index is 0.886. The van der Waals surface area contributed by atoms with Crippen molar-refractivity contribution in [2.24, 2.45) is 11.8 Å². The zero-order chi connectivity index (χ0) is 8.69. The summed E-state index contributed by atoms with van der Waals surface area (Å²) in [6.45, 7) is 9.26. The van der Waals surface area contributed by atoms with E-state index in [0.29, 0.717) is 0 Å². The lowest BCUT2D eigenvalue weighted by atomic mass is 9.90. The Hall–Kier alpha value is 0. The molecule has 0 saturated heterocycles. The Morgan fingerprint density at radius 1 is 1.09 bits per heavy atom. The summed E-state index contributed by atoms with van der Waals surface area (Å²) in [5, 5.41) is 0. The van der Waals surface area contributed by atoms with Crippen LogP contribution in [0.2, 0.25) is 0 Å². The van der Waals surface area contributed by atoms with Gasteiger partial charge in [-0.2, -0.15) is 0 Å². The maximum atomic E-state index is 2.33. The van der Waals surface area contributed by atoms with Crippen molar-refractivity contribution < 1.29 is 0 Å². The van der Waals surface area contributed by atoms with E-state index in [1.807, 2.05) is 0 Å². The van der Waals surface area contributed by atoms with Crippen LogP contribution in [-0.4, -0.2) is 0 Å². The molecule has 0 fully saturated rings. The third kappa shape index (κ3) is 6.40. The highest BCUT2D eigenvalue weighted by molar-refractivity contribution is 4.59. The molecule has 0 nitrogen and oxygen atoms in total. The molecule has 68 valence electrons. The third-order valence-corrected chi connectivity index (χ3v) is 2.35. The van der Waals surface area contributed by atoms with Gasteiger partial charge in [0.1, 0.15) is 0 Å². The topological polar surface area (TPSA) is 0 Å². The molecule has 0 heterocycles. The number of rotatable bonds is 6. The first-order chi connectivity index (χ1) is 5.20. The van der Waals surface area contributed by atoms with E-state index >= 15 is 0 Å². The molecule has 1 unspecified atom stereocenters. The predicted molar refractivity (Wildman–Crippen MR) is 52.8 cm³/mol. The highest BCUT2D eigenvalue weighted by atomic mass is 14.1. The van der Waals surface area contributed by atoms with Gasteiger partial charge in [-0.1, -0.05) is 53.4 Å². The summed E-state index contributed by atoms with van der Waals surface area (Å²) in [7, 11) is 0. The van der Waals surface area contributed by atoms with Gasteiger partial charge in [-0.25, -0.2) is 0 Å². The quantitative estimate of drug-likeness (QED) is 0.539. The molecule has 11 heavy (non-hydrogen) atoms. The van der Waals surface area contributed by atoms with Crippen LogP contribution in [0, 0.1) is 11.8 Å². The molecule has 0 rings (SSSR count). The third-order valence-electron chi connectivity index (χ3n) is 2.35. The smallest absolute Gasteiger partial charge is 0.0414 e. The van der Waals surface area contributed by atoms with Gasteiger partial charge in [0.05, 0.1) is 0 Å². The number of unbranched alkanes of at least 4 members (excludes halogenated alkanes) is 1. The van der Waals surface area contributed by atoms with E-state index in [1.54, 1.807) is 0 Å². The van der Waals surface area contributed by atoms with Gasteiger partial charge in [0.15, 0.2) is 0 Å². The van der Waals surface area contributed by atoms with Crippen LogP contribution in [0.3, 0.4) is 0 Å². The lowest BCUT2D eigenvalue weighted by Crippen LogP contribution is -2.02. The summed E-state index contributed by atoms with van der Waals surface area (Å²) in [6.07, 6.45) is 7.03. The Bertz CT molecular complexity index is 74.1. The maximum absolute atomic E-state index is 2.33. The minimum absolute atomic E-state index is 0.886. The van der Waals surface area contributed by atoms with Gasteiger partial charge in [-0.15, -0.1) is 0 Å². The van der Waals surface area contributed by atoms with E-state index in [1.165, 1.54) is 32.1 Å². The van der Waals surface area contributed by atoms with Gasteiger partial charge in [0.25, 0.3) is 0 Å². The van der Waals surface area contributed by atoms with Gasteiger partial charge in [-0.05, 0) is 18.3 Å². The molecule has 0 N–H and O–H groups in total. The molecule has 0 aromatic heterocycles. The Kier molecular flexibility index (Phi) is 6.69. The lowest BCUT2D eigenvalue weighted by molar-refractivity contribution is 0.366. The summed E-state index contributed by atoms with van der Waals surface area (Å²) in [6, 6.07) is 0. The molecule has 0 amide bonds. The highest BCUT2D eigenvalue weighted by Gasteiger charge is 2.07. The zero-order valence-electron chi connectivity index (χ0n) is 8.69. The second-order valence-electron chi connectivity index (χ2n) is 4.05. The zero-order valence-corrected chi connectivity index (χ0v) is 8.69. The Labute approximate surface area is 72.4 Å². The molecule has 0 bridgehead atoms. The largest absolute Gasteiger partial charge is 0.0654 e. The standard InChI is InChI=1S/C11H24/c1-5-7-8-11(6-2)9-10(3)4/h10-11H,5-9H2,1-4H3. The second kappa shape index (κ2) is 6.69. The molecule has 0 aliphatic heterocycles. The highest BCUT2D eigenvalue weighted by Crippen LogP contribution is 2.20. The fourth-order valence-electron chi connectivity index (χ4n) is 1.65. The summed E-state index contributed by atoms with van der Waals surface area (Å²) in [5.74, 6) is 1.88. The molecule has 0 aromatic rings. The maximum Gasteiger partial charge on any atom is -0.0414 e. The van der Waals surface area contributed by atoms with Crippen LogP contribution in [0.4, 0.5) is 0 Å². The van der Waals surface area contributed by atoms with E-state index < -0.39 is 0 Å². The number of hydrogen-bond donors (Lipinski definition) is 0. The van der Waals surface area contributed by atoms with Crippen LogP contribution in [0.25, 0.3) is 0 Å². The molecule has 0 spiro atoms. The minimum Gasteiger partial charge on any atom is -0.0654 e. The first kappa shape index (κ1) is 11.0. The molecule has 0 heteroatoms. The van der Waals surface area contributed by atoms with Gasteiger partial charge in [-0.3, -0.25) is 0 Å². The average molecular weight is 156 g/mol. The predicted octanol–water partition coefficient (Wildman–Crippen LogP) is 4.25. The van der Waals surface area contributed by atoms with Crippen LogP contribution in [0.1, 0.15) is 59.8 Å². The van der Waals surface area contributed by atoms with Gasteiger partial charge in [0, 0.05) is 0 Å². The van der Waals surface area contributed by atoms with Gasteiger partial charge < -0.3 is 0 Å². The molecule has 0 aliphatic carbocycles. The SMILES string of the molecule is CCCCC(CC)CC(C)C. The summed E-state index contributed by atoms with van der Waals surface area (Å²) < 4.78 is 0. The molecule has 0 saturated carbocycles. The van der Waals surface area contributed by atoms with E-state index in [9.17, 15) is 0 Å². The molecule has 0 radical (unpaired) electrons. The van der Waals surface area contributed by atoms with Crippen LogP contribution < -0.4 is 0 Å². The van der Waals surface area contributed by atoms with Crippen molar-refractivity contribution >= 4 is 0 Å². The van der Waals surface area contributed by atoms with Crippen molar-refractivity contribution in [3.63, 3.8) is 0 Å². The van der Waals surface area contributed by atoms with E-state index in [2.05, 4.69) is 27.7 Å². The summed E-state index contributed by atoms with van der Waals surface area (Å²) in [4.78, 5) is 0. The molecule has 1 atom stereocenters. The number of hydrogen-bond acceptors (Lipinski definition) is 0. The van der Waals surface area contributed by atoms with Crippen LogP contribution in [0.15, 0.2) is 0 Å². The summed E-state index contributed by atoms with van der Waals surface area (Å²) >= 11 is 0. The second-order valence-corrected chi connectivity index (χ2v) is 4.05. The monoisotopic (exact) mass is 156 g/mol. The van der Waals surface area contributed by atoms with E-state index in [-0.39, 0.29) is 0 Å². The fraction of sp³-hybridized carbons (Fsp3) is 1.00. The summed E-state index contributed by atoms with van der Waals surface area (Å²) in [5.41, 5.74) is 0. The van der Waals surface area contributed by atoms with Crippen molar-refractivity contribution in [3.05, 3.63) is 0 Å². The van der Waals surface area contributed by atoms with Gasteiger partial charge >= 0.3 is 0 Å². The normalized spacial score (nSPS) is 13.9. The van der Waals surface area contributed by atoms with E-state index in [0.717, 1.165) is 11.8 Å². The van der Waals surface area contributed by atoms with Gasteiger partial charge in [0.2, 0.25) is 0 Å². The van der Waals surface area contributed by atoms with Crippen LogP contribution in [-0.2, 0) is 0 Å². The van der Waals surface area contributed by atoms with Crippen molar-refractivity contribution in [1.29, 1.82) is 0 Å². The Balaban J connectivity index is 3.41. The van der Waals surface area contributed by atoms with Crippen LogP contribution >= 0.6 is 0 Å². The molecular formula is C11H24. The fourth-order valence-corrected chi connectivity index (χ4v) is 1.65. The Morgan fingerprint density at radius 3 is 2.09 bits per heavy atom. The van der Waals surface area contributed by atoms with E-state index in [4.69, 9.17) is 0 Å². The molecule has 0 aliphatic rings. The average Bonchev–Trinajstić information content (AvgIpc) is 1.97.